The van der Waals surface area contributed by atoms with Crippen LogP contribution in [0.4, 0.5) is 11.4 Å². The topological polar surface area (TPSA) is 77.0 Å². The van der Waals surface area contributed by atoms with Crippen LogP contribution >= 0.6 is 0 Å². The van der Waals surface area contributed by atoms with E-state index in [1.165, 1.54) is 0 Å². The lowest BCUT2D eigenvalue weighted by molar-refractivity contribution is 0.315. The third kappa shape index (κ3) is 1.86. The standard InChI is InChI=1S/C10H14N4O/c1-6(2)5-12-8-4-3-7(11)9-10(8)14-15-13-9/h3-4,6,12H,5,11H2,1-2H3. The molecular formula is C10H14N4O. The van der Waals surface area contributed by atoms with E-state index in [2.05, 4.69) is 34.1 Å². The lowest BCUT2D eigenvalue weighted by Gasteiger charge is -2.08. The fourth-order valence-electron chi connectivity index (χ4n) is 1.34. The molecule has 0 aliphatic carbocycles. The lowest BCUT2D eigenvalue weighted by atomic mass is 10.2. The molecule has 80 valence electrons. The highest BCUT2D eigenvalue weighted by Gasteiger charge is 2.09. The van der Waals surface area contributed by atoms with Crippen molar-refractivity contribution in [1.82, 2.24) is 10.3 Å². The molecule has 0 saturated carbocycles. The summed E-state index contributed by atoms with van der Waals surface area (Å²) in [5.41, 5.74) is 8.54. The third-order valence-corrected chi connectivity index (χ3v) is 2.15. The number of fused-ring (bicyclic) bond motifs is 1. The van der Waals surface area contributed by atoms with Crippen molar-refractivity contribution in [2.45, 2.75) is 13.8 Å². The van der Waals surface area contributed by atoms with Crippen molar-refractivity contribution in [3.63, 3.8) is 0 Å². The smallest absolute Gasteiger partial charge is 0.160 e. The highest BCUT2D eigenvalue weighted by atomic mass is 16.6. The van der Waals surface area contributed by atoms with Crippen LogP contribution in [0.25, 0.3) is 11.0 Å². The summed E-state index contributed by atoms with van der Waals surface area (Å²) in [4.78, 5) is 0. The van der Waals surface area contributed by atoms with E-state index >= 15 is 0 Å². The van der Waals surface area contributed by atoms with Crippen molar-refractivity contribution in [1.29, 1.82) is 0 Å². The zero-order chi connectivity index (χ0) is 10.8. The van der Waals surface area contributed by atoms with Crippen molar-refractivity contribution in [2.75, 3.05) is 17.6 Å². The van der Waals surface area contributed by atoms with Crippen LogP contribution in [0.15, 0.2) is 16.8 Å². The molecule has 1 aromatic heterocycles. The van der Waals surface area contributed by atoms with Crippen LogP contribution in [0.5, 0.6) is 0 Å². The summed E-state index contributed by atoms with van der Waals surface area (Å²) in [6.07, 6.45) is 0. The Morgan fingerprint density at radius 2 is 2.07 bits per heavy atom. The maximum Gasteiger partial charge on any atom is 0.160 e. The number of nitrogens with two attached hydrogens (primary N) is 1. The van der Waals surface area contributed by atoms with Crippen molar-refractivity contribution in [3.05, 3.63) is 12.1 Å². The quantitative estimate of drug-likeness (QED) is 0.750. The molecule has 0 aliphatic heterocycles. The molecule has 0 radical (unpaired) electrons. The minimum atomic E-state index is 0.567. The first-order valence-electron chi connectivity index (χ1n) is 4.93. The number of hydrogen-bond donors (Lipinski definition) is 2. The molecule has 0 unspecified atom stereocenters. The highest BCUT2D eigenvalue weighted by Crippen LogP contribution is 2.25. The third-order valence-electron chi connectivity index (χ3n) is 2.15. The minimum absolute atomic E-state index is 0.567. The fraction of sp³-hybridized carbons (Fsp3) is 0.400. The van der Waals surface area contributed by atoms with E-state index < -0.39 is 0 Å². The van der Waals surface area contributed by atoms with Gasteiger partial charge in [0.2, 0.25) is 0 Å². The summed E-state index contributed by atoms with van der Waals surface area (Å²) < 4.78 is 4.67. The van der Waals surface area contributed by atoms with Crippen LogP contribution in [-0.2, 0) is 0 Å². The molecule has 1 heterocycles. The molecule has 15 heavy (non-hydrogen) atoms. The Bertz CT molecular complexity index is 463. The van der Waals surface area contributed by atoms with E-state index in [1.54, 1.807) is 6.07 Å². The maximum absolute atomic E-state index is 5.74. The van der Waals surface area contributed by atoms with Crippen LogP contribution in [0.3, 0.4) is 0 Å². The zero-order valence-electron chi connectivity index (χ0n) is 8.82. The minimum Gasteiger partial charge on any atom is -0.397 e. The van der Waals surface area contributed by atoms with Crippen molar-refractivity contribution >= 4 is 22.4 Å². The molecule has 5 nitrogen and oxygen atoms in total. The first-order chi connectivity index (χ1) is 7.18. The summed E-state index contributed by atoms with van der Waals surface area (Å²) in [6, 6.07) is 3.69. The number of benzene rings is 1. The van der Waals surface area contributed by atoms with E-state index in [4.69, 9.17) is 5.73 Å². The Balaban J connectivity index is 2.35. The molecule has 3 N–H and O–H groups in total. The zero-order valence-corrected chi connectivity index (χ0v) is 8.82. The Kier molecular flexibility index (Phi) is 2.45. The lowest BCUT2D eigenvalue weighted by Crippen LogP contribution is -2.08. The average molecular weight is 206 g/mol. The average Bonchev–Trinajstić information content (AvgIpc) is 2.66. The van der Waals surface area contributed by atoms with Crippen molar-refractivity contribution < 1.29 is 4.63 Å². The van der Waals surface area contributed by atoms with Gasteiger partial charge >= 0.3 is 0 Å². The number of rotatable bonds is 3. The second-order valence-corrected chi connectivity index (χ2v) is 3.94. The monoisotopic (exact) mass is 206 g/mol. The van der Waals surface area contributed by atoms with Crippen LogP contribution in [0, 0.1) is 5.92 Å². The number of nitrogen functional groups attached to an aromatic ring is 1. The van der Waals surface area contributed by atoms with E-state index in [1.807, 2.05) is 6.07 Å². The molecule has 0 fully saturated rings. The molecule has 0 bridgehead atoms. The van der Waals surface area contributed by atoms with E-state index in [0.717, 1.165) is 12.2 Å². The van der Waals surface area contributed by atoms with Crippen LogP contribution in [0.1, 0.15) is 13.8 Å². The predicted molar refractivity (Wildman–Crippen MR) is 59.5 cm³/mol. The largest absolute Gasteiger partial charge is 0.397 e. The first kappa shape index (κ1) is 9.76. The van der Waals surface area contributed by atoms with Gasteiger partial charge < -0.3 is 11.1 Å². The van der Waals surface area contributed by atoms with Gasteiger partial charge in [-0.25, -0.2) is 4.63 Å². The van der Waals surface area contributed by atoms with Crippen LogP contribution < -0.4 is 11.1 Å². The Morgan fingerprint density at radius 1 is 1.33 bits per heavy atom. The normalized spacial score (nSPS) is 11.1. The van der Waals surface area contributed by atoms with Crippen molar-refractivity contribution in [3.8, 4) is 0 Å². The summed E-state index contributed by atoms with van der Waals surface area (Å²) in [5.74, 6) is 0.567. The molecule has 0 spiro atoms. The highest BCUT2D eigenvalue weighted by molar-refractivity contribution is 5.94. The van der Waals surface area contributed by atoms with Gasteiger partial charge in [0, 0.05) is 6.54 Å². The van der Waals surface area contributed by atoms with Gasteiger partial charge in [-0.15, -0.1) is 0 Å². The summed E-state index contributed by atoms with van der Waals surface area (Å²) in [5, 5.41) is 10.9. The molecule has 1 aromatic carbocycles. The van der Waals surface area contributed by atoms with E-state index in [0.29, 0.717) is 22.6 Å². The molecule has 2 rings (SSSR count). The molecule has 0 atom stereocenters. The van der Waals surface area contributed by atoms with Gasteiger partial charge in [0.1, 0.15) is 0 Å². The van der Waals surface area contributed by atoms with Crippen molar-refractivity contribution in [2.24, 2.45) is 5.92 Å². The van der Waals surface area contributed by atoms with E-state index in [-0.39, 0.29) is 0 Å². The molecule has 0 saturated heterocycles. The van der Waals surface area contributed by atoms with Gasteiger partial charge in [-0.05, 0) is 28.4 Å². The molecule has 0 amide bonds. The van der Waals surface area contributed by atoms with Gasteiger partial charge in [0.05, 0.1) is 11.4 Å². The molecule has 5 heteroatoms. The predicted octanol–water partition coefficient (Wildman–Crippen LogP) is 1.87. The van der Waals surface area contributed by atoms with E-state index in [9.17, 15) is 0 Å². The first-order valence-corrected chi connectivity index (χ1v) is 4.93. The van der Waals surface area contributed by atoms with Crippen LogP contribution in [0.2, 0.25) is 0 Å². The van der Waals surface area contributed by atoms with Gasteiger partial charge in [0.15, 0.2) is 11.0 Å². The van der Waals surface area contributed by atoms with Crippen LogP contribution in [-0.4, -0.2) is 16.9 Å². The Morgan fingerprint density at radius 3 is 2.80 bits per heavy atom. The van der Waals surface area contributed by atoms with Gasteiger partial charge in [-0.3, -0.25) is 0 Å². The van der Waals surface area contributed by atoms with Gasteiger partial charge in [-0.2, -0.15) is 0 Å². The van der Waals surface area contributed by atoms with Gasteiger partial charge in [0.25, 0.3) is 0 Å². The fourth-order valence-corrected chi connectivity index (χ4v) is 1.34. The summed E-state index contributed by atoms with van der Waals surface area (Å²) in [7, 11) is 0. The Hall–Kier alpha value is -1.78. The number of anilines is 2. The summed E-state index contributed by atoms with van der Waals surface area (Å²) >= 11 is 0. The molecular weight excluding hydrogens is 192 g/mol. The number of aromatic nitrogens is 2. The Labute approximate surface area is 87.6 Å². The SMILES string of the molecule is CC(C)CNc1ccc(N)c2nonc12. The summed E-state index contributed by atoms with van der Waals surface area (Å²) in [6.45, 7) is 5.16. The maximum atomic E-state index is 5.74. The number of nitrogens with one attached hydrogen (secondary N) is 1. The second-order valence-electron chi connectivity index (χ2n) is 3.94. The number of hydrogen-bond acceptors (Lipinski definition) is 5. The molecule has 0 aliphatic rings. The van der Waals surface area contributed by atoms with Gasteiger partial charge in [-0.1, -0.05) is 13.8 Å². The second kappa shape index (κ2) is 3.76. The number of nitrogens with zero attached hydrogens (tertiary/aromatic N) is 2. The molecule has 2 aromatic rings.